The van der Waals surface area contributed by atoms with Gasteiger partial charge >= 0.3 is 6.09 Å². The smallest absolute Gasteiger partial charge is 0.407 e. The van der Waals surface area contributed by atoms with Crippen LogP contribution in [-0.2, 0) is 38.5 Å². The summed E-state index contributed by atoms with van der Waals surface area (Å²) in [5.41, 5.74) is 4.97. The lowest BCUT2D eigenvalue weighted by atomic mass is 9.81. The molecule has 1 amide bonds. The van der Waals surface area contributed by atoms with Crippen molar-refractivity contribution in [3.63, 3.8) is 0 Å². The van der Waals surface area contributed by atoms with Gasteiger partial charge in [-0.05, 0) is 52.8 Å². The Kier molecular flexibility index (Phi) is 12.4. The van der Waals surface area contributed by atoms with Crippen LogP contribution >= 0.6 is 11.6 Å². The average molecular weight is 641 g/mol. The summed E-state index contributed by atoms with van der Waals surface area (Å²) >= 11 is 5.98. The zero-order valence-electron chi connectivity index (χ0n) is 26.1. The molecule has 1 aliphatic heterocycles. The average Bonchev–Trinajstić information content (AvgIpc) is 3.09. The Balaban J connectivity index is 1.24. The van der Waals surface area contributed by atoms with Crippen molar-refractivity contribution in [2.75, 3.05) is 26.8 Å². The maximum absolute atomic E-state index is 14.1. The van der Waals surface area contributed by atoms with Crippen LogP contribution in [0, 0.1) is 0 Å². The highest BCUT2D eigenvalue weighted by molar-refractivity contribution is 6.30. The number of rotatable bonds is 14. The molecule has 2 N–H and O–H groups in total. The molecular weight excluding hydrogens is 600 g/mol. The van der Waals surface area contributed by atoms with Gasteiger partial charge in [0.2, 0.25) is 0 Å². The van der Waals surface area contributed by atoms with E-state index in [1.54, 1.807) is 0 Å². The van der Waals surface area contributed by atoms with E-state index >= 15 is 0 Å². The second-order valence-corrected chi connectivity index (χ2v) is 12.0. The highest BCUT2D eigenvalue weighted by Crippen LogP contribution is 2.30. The molecule has 240 valence electrons. The first kappa shape index (κ1) is 33.4. The lowest BCUT2D eigenvalue weighted by Gasteiger charge is -2.31. The summed E-state index contributed by atoms with van der Waals surface area (Å²) in [6, 6.07) is 34.4. The number of amides is 1. The number of Topliss-reactive ketones (excluding diaryl/α,β-unsaturated/α-hetero) is 1. The molecule has 3 atom stereocenters. The normalized spacial score (nSPS) is 16.9. The van der Waals surface area contributed by atoms with E-state index in [2.05, 4.69) is 16.7 Å². The lowest BCUT2D eigenvalue weighted by Crippen LogP contribution is -2.46. The maximum Gasteiger partial charge on any atom is 0.407 e. The number of hydrogen-bond acceptors (Lipinski definition) is 6. The fourth-order valence-electron chi connectivity index (χ4n) is 5.95. The molecule has 1 aliphatic rings. The fraction of sp³-hybridized carbons (Fsp3) is 0.316. The van der Waals surface area contributed by atoms with Gasteiger partial charge in [0.05, 0.1) is 32.5 Å². The van der Waals surface area contributed by atoms with Crippen LogP contribution < -0.4 is 10.6 Å². The van der Waals surface area contributed by atoms with Gasteiger partial charge < -0.3 is 24.8 Å². The van der Waals surface area contributed by atoms with Gasteiger partial charge in [0.25, 0.3) is 0 Å². The first-order valence-electron chi connectivity index (χ1n) is 15.7. The van der Waals surface area contributed by atoms with Gasteiger partial charge in [0.1, 0.15) is 6.04 Å². The van der Waals surface area contributed by atoms with Crippen molar-refractivity contribution in [1.82, 2.24) is 10.6 Å². The monoisotopic (exact) mass is 640 g/mol. The summed E-state index contributed by atoms with van der Waals surface area (Å²) in [6.07, 6.45) is 1.07. The Morgan fingerprint density at radius 1 is 0.848 bits per heavy atom. The third-order valence-electron chi connectivity index (χ3n) is 8.29. The number of nitrogens with one attached hydrogen (secondary N) is 2. The van der Waals surface area contributed by atoms with Crippen LogP contribution in [0.5, 0.6) is 0 Å². The van der Waals surface area contributed by atoms with Gasteiger partial charge in [-0.15, -0.1) is 0 Å². The molecule has 5 rings (SSSR count). The number of alkyl carbamates (subject to hydrolysis) is 1. The van der Waals surface area contributed by atoms with Crippen molar-refractivity contribution in [3.05, 3.63) is 142 Å². The quantitative estimate of drug-likeness (QED) is 0.163. The molecule has 4 aromatic carbocycles. The Morgan fingerprint density at radius 2 is 1.46 bits per heavy atom. The summed E-state index contributed by atoms with van der Waals surface area (Å²) in [7, 11) is 1.31. The zero-order valence-corrected chi connectivity index (χ0v) is 26.8. The third-order valence-corrected chi connectivity index (χ3v) is 8.54. The molecule has 0 spiro atoms. The number of carbonyl (C=O) groups excluding carboxylic acids is 2. The molecule has 0 aliphatic carbocycles. The summed E-state index contributed by atoms with van der Waals surface area (Å²) in [5, 5.41) is 7.05. The second-order valence-electron chi connectivity index (χ2n) is 11.5. The highest BCUT2D eigenvalue weighted by atomic mass is 35.5. The molecule has 1 fully saturated rings. The molecule has 1 heterocycles. The summed E-state index contributed by atoms with van der Waals surface area (Å²) in [5.74, 6) is -0.481. The van der Waals surface area contributed by atoms with Gasteiger partial charge in [-0.1, -0.05) is 109 Å². The molecule has 0 unspecified atom stereocenters. The number of hydrogen-bond donors (Lipinski definition) is 2. The Labute approximate surface area is 276 Å². The summed E-state index contributed by atoms with van der Waals surface area (Å²) in [6.45, 7) is 2.50. The van der Waals surface area contributed by atoms with Crippen molar-refractivity contribution in [3.8, 4) is 0 Å². The number of aryl methyl sites for hydroxylation is 1. The molecular formula is C38H41ClN2O5. The number of ether oxygens (including phenoxy) is 3. The van der Waals surface area contributed by atoms with Crippen LogP contribution in [-0.4, -0.2) is 56.9 Å². The fourth-order valence-corrected chi connectivity index (χ4v) is 6.08. The van der Waals surface area contributed by atoms with Gasteiger partial charge in [-0.25, -0.2) is 4.79 Å². The van der Waals surface area contributed by atoms with Gasteiger partial charge in [-0.2, -0.15) is 0 Å². The van der Waals surface area contributed by atoms with Gasteiger partial charge in [-0.3, -0.25) is 4.79 Å². The van der Waals surface area contributed by atoms with E-state index in [-0.39, 0.29) is 30.3 Å². The van der Waals surface area contributed by atoms with E-state index in [4.69, 9.17) is 25.8 Å². The Hall–Kier alpha value is -4.01. The van der Waals surface area contributed by atoms with E-state index in [1.165, 1.54) is 7.11 Å². The van der Waals surface area contributed by atoms with Crippen LogP contribution in [0.2, 0.25) is 5.02 Å². The molecule has 0 bridgehead atoms. The zero-order chi connectivity index (χ0) is 32.1. The van der Waals surface area contributed by atoms with E-state index in [9.17, 15) is 9.59 Å². The summed E-state index contributed by atoms with van der Waals surface area (Å²) in [4.78, 5) is 26.7. The van der Waals surface area contributed by atoms with E-state index in [0.29, 0.717) is 18.2 Å². The van der Waals surface area contributed by atoms with Crippen molar-refractivity contribution >= 4 is 23.5 Å². The largest absolute Gasteiger partial charge is 0.453 e. The number of methoxy groups -OCH3 is 1. The molecule has 0 radical (unpaired) electrons. The lowest BCUT2D eigenvalue weighted by molar-refractivity contribution is -0.120. The predicted octanol–water partition coefficient (Wildman–Crippen LogP) is 6.51. The topological polar surface area (TPSA) is 85.9 Å². The second kappa shape index (κ2) is 17.1. The molecule has 4 aromatic rings. The molecule has 1 saturated heterocycles. The van der Waals surface area contributed by atoms with Gasteiger partial charge in [0, 0.05) is 30.5 Å². The molecule has 46 heavy (non-hydrogen) atoms. The molecule has 0 saturated carbocycles. The number of halogens is 1. The maximum atomic E-state index is 14.1. The van der Waals surface area contributed by atoms with Crippen LogP contribution in [0.15, 0.2) is 109 Å². The standard InChI is InChI=1S/C38H41ClN2O5/c1-44-38(43)41-37(36(29-11-4-2-5-12-29)30-13-6-3-7-14-30)35(42)22-31-15-9-8-10-28(31)18-21-33-23-40-24-34(46-33)26-45-25-27-16-19-32(39)20-17-27/h2-17,19-20,33-34,36-37,40H,18,21-26H2,1H3,(H,41,43)/t33-,34+,37-/m1/s1. The Bertz CT molecular complexity index is 1490. The predicted molar refractivity (Wildman–Crippen MR) is 180 cm³/mol. The van der Waals surface area contributed by atoms with Gasteiger partial charge in [0.15, 0.2) is 5.78 Å². The number of carbonyl (C=O) groups is 2. The van der Waals surface area contributed by atoms with Crippen molar-refractivity contribution in [2.24, 2.45) is 0 Å². The number of morpholine rings is 1. The van der Waals surface area contributed by atoms with Crippen molar-refractivity contribution in [2.45, 2.75) is 50.0 Å². The minimum absolute atomic E-state index is 0.0240. The van der Waals surface area contributed by atoms with Crippen molar-refractivity contribution < 1.29 is 23.8 Å². The van der Waals surface area contributed by atoms with Crippen molar-refractivity contribution in [1.29, 1.82) is 0 Å². The number of ketones is 1. The molecule has 7 nitrogen and oxygen atoms in total. The molecule has 8 heteroatoms. The van der Waals surface area contributed by atoms with Crippen LogP contribution in [0.4, 0.5) is 4.79 Å². The van der Waals surface area contributed by atoms with E-state index in [0.717, 1.165) is 53.7 Å². The van der Waals surface area contributed by atoms with E-state index in [1.807, 2.05) is 103 Å². The first-order chi connectivity index (χ1) is 22.5. The SMILES string of the molecule is COC(=O)N[C@H](C(=O)Cc1ccccc1CC[C@@H]1CNC[C@@H](COCc2ccc(Cl)cc2)O1)C(c1ccccc1)c1ccccc1. The highest BCUT2D eigenvalue weighted by Gasteiger charge is 2.33. The first-order valence-corrected chi connectivity index (χ1v) is 16.1. The van der Waals surface area contributed by atoms with E-state index < -0.39 is 12.1 Å². The molecule has 0 aromatic heterocycles. The summed E-state index contributed by atoms with van der Waals surface area (Å²) < 4.78 is 17.3. The Morgan fingerprint density at radius 3 is 2.11 bits per heavy atom. The minimum atomic E-state index is -0.829. The number of benzene rings is 4. The van der Waals surface area contributed by atoms with Crippen LogP contribution in [0.1, 0.15) is 40.2 Å². The third kappa shape index (κ3) is 9.50. The van der Waals surface area contributed by atoms with Crippen LogP contribution in [0.25, 0.3) is 0 Å². The minimum Gasteiger partial charge on any atom is -0.453 e. The van der Waals surface area contributed by atoms with Crippen LogP contribution in [0.3, 0.4) is 0 Å².